The van der Waals surface area contributed by atoms with Gasteiger partial charge >= 0.3 is 0 Å². The molecule has 0 saturated heterocycles. The highest BCUT2D eigenvalue weighted by Gasteiger charge is 2.09. The summed E-state index contributed by atoms with van der Waals surface area (Å²) in [6.07, 6.45) is 2.16. The Hall–Kier alpha value is -1.28. The number of hydrogen-bond donors (Lipinski definition) is 1. The van der Waals surface area contributed by atoms with Gasteiger partial charge in [-0.05, 0) is 25.5 Å². The maximum atomic E-state index is 5.93. The van der Waals surface area contributed by atoms with Gasteiger partial charge in [-0.3, -0.25) is 0 Å². The molecular weight excluding hydrogens is 172 g/mol. The molecule has 1 aromatic carbocycles. The first kappa shape index (κ1) is 9.28. The highest BCUT2D eigenvalue weighted by molar-refractivity contribution is 5.84. The summed E-state index contributed by atoms with van der Waals surface area (Å²) >= 11 is 0. The molecule has 2 aromatic rings. The molecule has 2 rings (SSSR count). The maximum Gasteiger partial charge on any atom is 0.0483 e. The third-order valence-corrected chi connectivity index (χ3v) is 2.65. The van der Waals surface area contributed by atoms with Crippen LogP contribution < -0.4 is 5.73 Å². The Bertz CT molecular complexity index is 441. The van der Waals surface area contributed by atoms with E-state index in [0.717, 1.165) is 6.54 Å². The molecule has 0 spiro atoms. The number of hydrogen-bond acceptors (Lipinski definition) is 1. The first-order valence-corrected chi connectivity index (χ1v) is 5.07. The molecule has 1 atom stereocenters. The Morgan fingerprint density at radius 1 is 1.36 bits per heavy atom. The van der Waals surface area contributed by atoms with Crippen molar-refractivity contribution in [3.05, 3.63) is 36.0 Å². The second kappa shape index (κ2) is 3.46. The van der Waals surface area contributed by atoms with Crippen molar-refractivity contribution in [3.8, 4) is 0 Å². The van der Waals surface area contributed by atoms with Gasteiger partial charge in [-0.25, -0.2) is 0 Å². The first-order chi connectivity index (χ1) is 6.74. The lowest BCUT2D eigenvalue weighted by Crippen LogP contribution is -2.03. The average molecular weight is 188 g/mol. The fraction of sp³-hybridized carbons (Fsp3) is 0.333. The van der Waals surface area contributed by atoms with Gasteiger partial charge in [0, 0.05) is 29.7 Å². The van der Waals surface area contributed by atoms with E-state index < -0.39 is 0 Å². The standard InChI is InChI=1S/C12H16N2/c1-3-14-8-11(9(2)13)10-6-4-5-7-12(10)14/h4-9H,3,13H2,1-2H3. The minimum Gasteiger partial charge on any atom is -0.347 e. The summed E-state index contributed by atoms with van der Waals surface area (Å²) in [5.41, 5.74) is 8.45. The summed E-state index contributed by atoms with van der Waals surface area (Å²) in [7, 11) is 0. The summed E-state index contributed by atoms with van der Waals surface area (Å²) in [6, 6.07) is 8.52. The number of para-hydroxylation sites is 1. The normalized spacial score (nSPS) is 13.4. The van der Waals surface area contributed by atoms with Crippen LogP contribution in [-0.4, -0.2) is 4.57 Å². The van der Waals surface area contributed by atoms with Crippen LogP contribution in [0.5, 0.6) is 0 Å². The van der Waals surface area contributed by atoms with E-state index >= 15 is 0 Å². The van der Waals surface area contributed by atoms with Gasteiger partial charge in [0.25, 0.3) is 0 Å². The van der Waals surface area contributed by atoms with Crippen molar-refractivity contribution < 1.29 is 0 Å². The van der Waals surface area contributed by atoms with Crippen LogP contribution in [0.15, 0.2) is 30.5 Å². The van der Waals surface area contributed by atoms with Crippen molar-refractivity contribution in [2.24, 2.45) is 5.73 Å². The van der Waals surface area contributed by atoms with Gasteiger partial charge in [-0.2, -0.15) is 0 Å². The first-order valence-electron chi connectivity index (χ1n) is 5.07. The zero-order valence-corrected chi connectivity index (χ0v) is 8.70. The van der Waals surface area contributed by atoms with Gasteiger partial charge in [-0.15, -0.1) is 0 Å². The van der Waals surface area contributed by atoms with E-state index in [0.29, 0.717) is 0 Å². The van der Waals surface area contributed by atoms with E-state index in [1.807, 2.05) is 6.92 Å². The van der Waals surface area contributed by atoms with Crippen LogP contribution in [0, 0.1) is 0 Å². The molecule has 0 aliphatic rings. The molecule has 0 amide bonds. The Labute approximate surface area is 84.3 Å². The molecule has 2 heteroatoms. The number of nitrogens with two attached hydrogens (primary N) is 1. The van der Waals surface area contributed by atoms with E-state index in [-0.39, 0.29) is 6.04 Å². The van der Waals surface area contributed by atoms with E-state index in [1.54, 1.807) is 0 Å². The minimum atomic E-state index is 0.104. The van der Waals surface area contributed by atoms with Gasteiger partial charge in [0.2, 0.25) is 0 Å². The maximum absolute atomic E-state index is 5.93. The zero-order chi connectivity index (χ0) is 10.1. The molecule has 2 nitrogen and oxygen atoms in total. The van der Waals surface area contributed by atoms with Crippen LogP contribution in [-0.2, 0) is 6.54 Å². The summed E-state index contributed by atoms with van der Waals surface area (Å²) in [6.45, 7) is 5.17. The van der Waals surface area contributed by atoms with E-state index in [9.17, 15) is 0 Å². The number of aromatic nitrogens is 1. The molecule has 0 fully saturated rings. The lowest BCUT2D eigenvalue weighted by molar-refractivity contribution is 0.770. The topological polar surface area (TPSA) is 30.9 Å². The zero-order valence-electron chi connectivity index (χ0n) is 8.70. The van der Waals surface area contributed by atoms with Crippen molar-refractivity contribution in [2.45, 2.75) is 26.4 Å². The lowest BCUT2D eigenvalue weighted by Gasteiger charge is -2.01. The van der Waals surface area contributed by atoms with E-state index in [2.05, 4.69) is 42.0 Å². The van der Waals surface area contributed by atoms with Crippen molar-refractivity contribution in [2.75, 3.05) is 0 Å². The van der Waals surface area contributed by atoms with Gasteiger partial charge in [0.05, 0.1) is 0 Å². The summed E-state index contributed by atoms with van der Waals surface area (Å²) < 4.78 is 2.24. The van der Waals surface area contributed by atoms with Crippen LogP contribution in [0.25, 0.3) is 10.9 Å². The van der Waals surface area contributed by atoms with Gasteiger partial charge < -0.3 is 10.3 Å². The fourth-order valence-electron chi connectivity index (χ4n) is 1.90. The van der Waals surface area contributed by atoms with Gasteiger partial charge in [0.1, 0.15) is 0 Å². The largest absolute Gasteiger partial charge is 0.347 e. The Morgan fingerprint density at radius 2 is 2.07 bits per heavy atom. The molecule has 0 saturated carbocycles. The summed E-state index contributed by atoms with van der Waals surface area (Å²) in [5.74, 6) is 0. The third kappa shape index (κ3) is 1.32. The lowest BCUT2D eigenvalue weighted by atomic mass is 10.1. The second-order valence-corrected chi connectivity index (χ2v) is 3.68. The monoisotopic (exact) mass is 188 g/mol. The molecule has 0 aliphatic heterocycles. The van der Waals surface area contributed by atoms with Crippen molar-refractivity contribution in [3.63, 3.8) is 0 Å². The molecule has 1 heterocycles. The highest BCUT2D eigenvalue weighted by Crippen LogP contribution is 2.24. The molecule has 2 N–H and O–H groups in total. The average Bonchev–Trinajstić information content (AvgIpc) is 2.56. The Kier molecular flexibility index (Phi) is 2.30. The Morgan fingerprint density at radius 3 is 2.71 bits per heavy atom. The van der Waals surface area contributed by atoms with Crippen LogP contribution in [0.4, 0.5) is 0 Å². The number of aryl methyl sites for hydroxylation is 1. The predicted octanol–water partition coefficient (Wildman–Crippen LogP) is 2.68. The van der Waals surface area contributed by atoms with Crippen LogP contribution in [0.1, 0.15) is 25.5 Å². The fourth-order valence-corrected chi connectivity index (χ4v) is 1.90. The molecule has 0 bridgehead atoms. The van der Waals surface area contributed by atoms with Crippen LogP contribution in [0.3, 0.4) is 0 Å². The number of fused-ring (bicyclic) bond motifs is 1. The van der Waals surface area contributed by atoms with E-state index in [1.165, 1.54) is 16.5 Å². The molecular formula is C12H16N2. The molecule has 74 valence electrons. The second-order valence-electron chi connectivity index (χ2n) is 3.68. The molecule has 0 aliphatic carbocycles. The minimum absolute atomic E-state index is 0.104. The smallest absolute Gasteiger partial charge is 0.0483 e. The van der Waals surface area contributed by atoms with Gasteiger partial charge in [0.15, 0.2) is 0 Å². The summed E-state index contributed by atoms with van der Waals surface area (Å²) in [5, 5.41) is 1.28. The highest BCUT2D eigenvalue weighted by atomic mass is 15.0. The molecule has 1 aromatic heterocycles. The van der Waals surface area contributed by atoms with Crippen LogP contribution >= 0.6 is 0 Å². The predicted molar refractivity (Wildman–Crippen MR) is 60.2 cm³/mol. The number of benzene rings is 1. The molecule has 0 radical (unpaired) electrons. The van der Waals surface area contributed by atoms with Crippen LogP contribution in [0.2, 0.25) is 0 Å². The third-order valence-electron chi connectivity index (χ3n) is 2.65. The quantitative estimate of drug-likeness (QED) is 0.771. The molecule has 14 heavy (non-hydrogen) atoms. The van der Waals surface area contributed by atoms with Gasteiger partial charge in [-0.1, -0.05) is 18.2 Å². The van der Waals surface area contributed by atoms with Crippen molar-refractivity contribution in [1.29, 1.82) is 0 Å². The van der Waals surface area contributed by atoms with Crippen molar-refractivity contribution in [1.82, 2.24) is 4.57 Å². The molecule has 1 unspecified atom stereocenters. The van der Waals surface area contributed by atoms with Crippen molar-refractivity contribution >= 4 is 10.9 Å². The number of rotatable bonds is 2. The number of nitrogens with zero attached hydrogens (tertiary/aromatic N) is 1. The Balaban J connectivity index is 2.73. The van der Waals surface area contributed by atoms with E-state index in [4.69, 9.17) is 5.73 Å². The SMILES string of the molecule is CCn1cc(C(C)N)c2ccccc21. The summed E-state index contributed by atoms with van der Waals surface area (Å²) in [4.78, 5) is 0.